The number of imidazole rings is 1. The van der Waals surface area contributed by atoms with E-state index in [4.69, 9.17) is 18.2 Å². The van der Waals surface area contributed by atoms with Crippen molar-refractivity contribution in [3.05, 3.63) is 16.7 Å². The lowest BCUT2D eigenvalue weighted by molar-refractivity contribution is -0.118. The SMILES string of the molecule is CC(C)C(=O)Nc1nc2c(ncn2[C@@H]2O[C@H](CO)C(O[Si](C)(C)C(C)(C)C)[C@H]2OP(OCCC#N)N(C(C)C)C(C)C)c(=O)[nH]1. The second-order valence-electron chi connectivity index (χ2n) is 13.6. The molecule has 1 fully saturated rings. The summed E-state index contributed by atoms with van der Waals surface area (Å²) in [4.78, 5) is 36.8. The smallest absolute Gasteiger partial charge is 0.280 e. The molecule has 45 heavy (non-hydrogen) atoms. The van der Waals surface area contributed by atoms with Gasteiger partial charge in [-0.1, -0.05) is 34.6 Å². The Hall–Kier alpha value is -2.28. The number of nitriles is 1. The first-order chi connectivity index (χ1) is 20.9. The van der Waals surface area contributed by atoms with E-state index in [1.165, 1.54) is 6.33 Å². The second kappa shape index (κ2) is 15.1. The molecule has 252 valence electrons. The molecule has 14 nitrogen and oxygen atoms in total. The van der Waals surface area contributed by atoms with Crippen LogP contribution in [0.25, 0.3) is 11.2 Å². The van der Waals surface area contributed by atoms with E-state index in [2.05, 4.69) is 64.9 Å². The minimum absolute atomic E-state index is 0.0240. The topological polar surface area (TPSA) is 177 Å². The summed E-state index contributed by atoms with van der Waals surface area (Å²) in [7, 11) is -4.19. The summed E-state index contributed by atoms with van der Waals surface area (Å²) < 4.78 is 30.2. The van der Waals surface area contributed by atoms with Gasteiger partial charge in [0.25, 0.3) is 14.1 Å². The van der Waals surface area contributed by atoms with Gasteiger partial charge in [0.15, 0.2) is 25.7 Å². The van der Waals surface area contributed by atoms with Crippen LogP contribution in [0.1, 0.15) is 75.0 Å². The summed E-state index contributed by atoms with van der Waals surface area (Å²) in [6, 6.07) is 2.19. The van der Waals surface area contributed by atoms with Gasteiger partial charge in [-0.25, -0.2) is 9.65 Å². The number of aromatic nitrogens is 4. The Labute approximate surface area is 267 Å². The average molecular weight is 668 g/mol. The van der Waals surface area contributed by atoms with Crippen LogP contribution >= 0.6 is 8.53 Å². The molecule has 0 radical (unpaired) electrons. The van der Waals surface area contributed by atoms with Crippen molar-refractivity contribution >= 4 is 39.9 Å². The molecule has 1 aliphatic rings. The number of rotatable bonds is 14. The summed E-state index contributed by atoms with van der Waals surface area (Å²) >= 11 is 0. The summed E-state index contributed by atoms with van der Waals surface area (Å²) in [5, 5.41) is 22.3. The lowest BCUT2D eigenvalue weighted by Crippen LogP contribution is -2.50. The van der Waals surface area contributed by atoms with Crippen molar-refractivity contribution in [1.29, 1.82) is 5.26 Å². The zero-order valence-corrected chi connectivity index (χ0v) is 30.2. The molecule has 5 atom stereocenters. The number of nitrogens with zero attached hydrogens (tertiary/aromatic N) is 5. The van der Waals surface area contributed by atoms with E-state index in [9.17, 15) is 20.0 Å². The predicted molar refractivity (Wildman–Crippen MR) is 175 cm³/mol. The number of nitrogens with one attached hydrogen (secondary N) is 2. The highest BCUT2D eigenvalue weighted by molar-refractivity contribution is 7.44. The van der Waals surface area contributed by atoms with Crippen molar-refractivity contribution in [1.82, 2.24) is 24.2 Å². The number of carbonyl (C=O) groups excluding carboxylic acids is 1. The van der Waals surface area contributed by atoms with Crippen molar-refractivity contribution in [2.24, 2.45) is 5.92 Å². The molecule has 0 spiro atoms. The van der Waals surface area contributed by atoms with Gasteiger partial charge in [-0.05, 0) is 45.8 Å². The maximum absolute atomic E-state index is 13.0. The van der Waals surface area contributed by atoms with E-state index in [0.717, 1.165) is 0 Å². The van der Waals surface area contributed by atoms with Crippen molar-refractivity contribution in [3.63, 3.8) is 0 Å². The maximum Gasteiger partial charge on any atom is 0.280 e. The number of hydrogen-bond donors (Lipinski definition) is 3. The summed E-state index contributed by atoms with van der Waals surface area (Å²) in [5.41, 5.74) is -0.318. The first-order valence-corrected chi connectivity index (χ1v) is 19.4. The summed E-state index contributed by atoms with van der Waals surface area (Å²) in [5.74, 6) is -0.674. The Bertz CT molecular complexity index is 1390. The Balaban J connectivity index is 2.18. The molecule has 3 rings (SSSR count). The van der Waals surface area contributed by atoms with Gasteiger partial charge in [0.2, 0.25) is 11.9 Å². The van der Waals surface area contributed by atoms with E-state index in [1.807, 2.05) is 27.7 Å². The Morgan fingerprint density at radius 1 is 1.24 bits per heavy atom. The summed E-state index contributed by atoms with van der Waals surface area (Å²) in [6.07, 6.45) is -1.65. The number of anilines is 1. The average Bonchev–Trinajstić information content (AvgIpc) is 3.48. The highest BCUT2D eigenvalue weighted by atomic mass is 31.2. The quantitative estimate of drug-likeness (QED) is 0.145. The fraction of sp³-hybridized carbons (Fsp3) is 0.759. The molecule has 0 bridgehead atoms. The van der Waals surface area contributed by atoms with Crippen LogP contribution in [-0.2, 0) is 23.0 Å². The van der Waals surface area contributed by atoms with E-state index >= 15 is 0 Å². The highest BCUT2D eigenvalue weighted by Gasteiger charge is 2.53. The number of amides is 1. The van der Waals surface area contributed by atoms with E-state index in [-0.39, 0.29) is 65.7 Å². The van der Waals surface area contributed by atoms with Crippen molar-refractivity contribution < 1.29 is 28.1 Å². The summed E-state index contributed by atoms with van der Waals surface area (Å²) in [6.45, 7) is 22.1. The second-order valence-corrected chi connectivity index (χ2v) is 19.8. The lowest BCUT2D eigenvalue weighted by atomic mass is 10.1. The monoisotopic (exact) mass is 667 g/mol. The number of H-pyrrole nitrogens is 1. The molecule has 2 aromatic rings. The van der Waals surface area contributed by atoms with Crippen LogP contribution in [-0.4, -0.2) is 87.1 Å². The zero-order valence-electron chi connectivity index (χ0n) is 28.3. The van der Waals surface area contributed by atoms with Gasteiger partial charge in [-0.3, -0.25) is 24.5 Å². The molecule has 1 aliphatic heterocycles. The minimum atomic E-state index is -2.44. The van der Waals surface area contributed by atoms with Gasteiger partial charge in [0, 0.05) is 18.0 Å². The molecular weight excluding hydrogens is 617 g/mol. The number of carbonyl (C=O) groups is 1. The van der Waals surface area contributed by atoms with Crippen molar-refractivity contribution in [2.45, 2.75) is 123 Å². The molecule has 16 heteroatoms. The Kier molecular flexibility index (Phi) is 12.5. The number of fused-ring (bicyclic) bond motifs is 1. The Morgan fingerprint density at radius 3 is 2.42 bits per heavy atom. The van der Waals surface area contributed by atoms with Crippen molar-refractivity contribution in [2.75, 3.05) is 18.5 Å². The molecule has 0 aliphatic carbocycles. The number of aliphatic hydroxyl groups is 1. The minimum Gasteiger partial charge on any atom is -0.408 e. The predicted octanol–water partition coefficient (Wildman–Crippen LogP) is 4.66. The van der Waals surface area contributed by atoms with Gasteiger partial charge in [0.1, 0.15) is 18.3 Å². The largest absolute Gasteiger partial charge is 0.408 e. The van der Waals surface area contributed by atoms with Crippen LogP contribution in [0.5, 0.6) is 0 Å². The van der Waals surface area contributed by atoms with Crippen LogP contribution in [0.3, 0.4) is 0 Å². The highest BCUT2D eigenvalue weighted by Crippen LogP contribution is 2.52. The molecule has 1 saturated heterocycles. The number of hydrogen-bond acceptors (Lipinski definition) is 11. The van der Waals surface area contributed by atoms with Crippen LogP contribution in [0.15, 0.2) is 11.1 Å². The fourth-order valence-electron chi connectivity index (χ4n) is 4.68. The fourth-order valence-corrected chi connectivity index (χ4v) is 7.74. The molecule has 3 heterocycles. The molecule has 2 aromatic heterocycles. The zero-order chi connectivity index (χ0) is 33.9. The molecule has 2 unspecified atom stereocenters. The molecular formula is C29H50N7O7PSi. The van der Waals surface area contributed by atoms with Crippen LogP contribution < -0.4 is 10.9 Å². The molecule has 3 N–H and O–H groups in total. The normalized spacial score (nSPS) is 21.8. The lowest BCUT2D eigenvalue weighted by Gasteiger charge is -2.42. The number of aromatic amines is 1. The van der Waals surface area contributed by atoms with Gasteiger partial charge < -0.3 is 23.3 Å². The van der Waals surface area contributed by atoms with E-state index in [1.54, 1.807) is 18.4 Å². The third-order valence-corrected chi connectivity index (χ3v) is 14.7. The van der Waals surface area contributed by atoms with Gasteiger partial charge >= 0.3 is 0 Å². The number of ether oxygens (including phenoxy) is 1. The molecule has 1 amide bonds. The van der Waals surface area contributed by atoms with Crippen LogP contribution in [0, 0.1) is 17.2 Å². The van der Waals surface area contributed by atoms with Crippen LogP contribution in [0.2, 0.25) is 18.1 Å². The van der Waals surface area contributed by atoms with Crippen molar-refractivity contribution in [3.8, 4) is 6.07 Å². The first kappa shape index (κ1) is 37.2. The molecule has 0 saturated carbocycles. The third kappa shape index (κ3) is 8.55. The third-order valence-electron chi connectivity index (χ3n) is 8.05. The standard InChI is InChI=1S/C29H50N7O7PSi/c1-17(2)25(38)33-28-32-24-21(26(39)34-28)31-16-35(24)27-23(22(20(15-37)41-27)43-45(10,11)29(7,8)9)42-44(40-14-12-13-30)36(18(3)4)19(5)6/h16-20,22-23,27,37H,12,14-15H2,1-11H3,(H2,32,33,34,38,39)/t20-,22?,23-,27-,44?/m1/s1. The van der Waals surface area contributed by atoms with Gasteiger partial charge in [0.05, 0.1) is 32.0 Å². The van der Waals surface area contributed by atoms with Gasteiger partial charge in [-0.2, -0.15) is 10.2 Å². The van der Waals surface area contributed by atoms with E-state index < -0.39 is 46.9 Å². The molecule has 0 aromatic carbocycles. The number of aliphatic hydroxyl groups excluding tert-OH is 1. The first-order valence-electron chi connectivity index (χ1n) is 15.4. The van der Waals surface area contributed by atoms with E-state index in [0.29, 0.717) is 0 Å². The maximum atomic E-state index is 13.0. The van der Waals surface area contributed by atoms with Gasteiger partial charge in [-0.15, -0.1) is 0 Å². The van der Waals surface area contributed by atoms with Crippen LogP contribution in [0.4, 0.5) is 5.95 Å². The Morgan fingerprint density at radius 2 is 1.89 bits per heavy atom.